The maximum atomic E-state index is 13.1. The zero-order chi connectivity index (χ0) is 18.0. The second kappa shape index (κ2) is 4.73. The molecule has 0 saturated heterocycles. The number of benzene rings is 1. The molecule has 0 radical (unpaired) electrons. The lowest BCUT2D eigenvalue weighted by atomic mass is 9.61. The van der Waals surface area contributed by atoms with E-state index in [0.717, 1.165) is 0 Å². The van der Waals surface area contributed by atoms with Crippen molar-refractivity contribution in [1.29, 1.82) is 5.26 Å². The SMILES string of the molecule is CC1(C)CC(=O)C2=C(C1)NC(N)=C(C#N)[C@]21C(=O)Nc2ccccc21. The zero-order valence-electron chi connectivity index (χ0n) is 14.1. The second-order valence-corrected chi connectivity index (χ2v) is 7.57. The first-order valence-corrected chi connectivity index (χ1v) is 8.16. The average Bonchev–Trinajstić information content (AvgIpc) is 2.79. The largest absolute Gasteiger partial charge is 0.384 e. The summed E-state index contributed by atoms with van der Waals surface area (Å²) in [6.07, 6.45) is 0.911. The molecule has 2 aliphatic heterocycles. The van der Waals surface area contributed by atoms with E-state index in [-0.39, 0.29) is 22.6 Å². The summed E-state index contributed by atoms with van der Waals surface area (Å²) in [4.78, 5) is 26.2. The van der Waals surface area contributed by atoms with Gasteiger partial charge < -0.3 is 16.4 Å². The van der Waals surface area contributed by atoms with Crippen molar-refractivity contribution >= 4 is 17.4 Å². The Labute approximate surface area is 145 Å². The number of Topliss-reactive ketones (excluding diaryl/α,β-unsaturated/α-hetero) is 1. The Morgan fingerprint density at radius 1 is 1.16 bits per heavy atom. The summed E-state index contributed by atoms with van der Waals surface area (Å²) in [6.45, 7) is 4.01. The van der Waals surface area contributed by atoms with Gasteiger partial charge in [0.05, 0.1) is 5.57 Å². The summed E-state index contributed by atoms with van der Waals surface area (Å²) in [5.41, 5.74) is 6.75. The molecule has 0 bridgehead atoms. The highest BCUT2D eigenvalue weighted by atomic mass is 16.2. The van der Waals surface area contributed by atoms with Gasteiger partial charge in [-0.2, -0.15) is 5.26 Å². The van der Waals surface area contributed by atoms with Crippen LogP contribution in [0.25, 0.3) is 0 Å². The Hall–Kier alpha value is -3.07. The fraction of sp³-hybridized carbons (Fsp3) is 0.316. The molecule has 25 heavy (non-hydrogen) atoms. The van der Waals surface area contributed by atoms with Crippen molar-refractivity contribution in [2.24, 2.45) is 11.1 Å². The summed E-state index contributed by atoms with van der Waals surface area (Å²) < 4.78 is 0. The predicted octanol–water partition coefficient (Wildman–Crippen LogP) is 1.82. The Balaban J connectivity index is 2.09. The minimum Gasteiger partial charge on any atom is -0.384 e. The van der Waals surface area contributed by atoms with Gasteiger partial charge in [0.2, 0.25) is 5.91 Å². The summed E-state index contributed by atoms with van der Waals surface area (Å²) in [6, 6.07) is 9.23. The van der Waals surface area contributed by atoms with Crippen LogP contribution in [0, 0.1) is 16.7 Å². The Morgan fingerprint density at radius 2 is 1.88 bits per heavy atom. The maximum absolute atomic E-state index is 13.1. The topological polar surface area (TPSA) is 108 Å². The number of anilines is 1. The fourth-order valence-electron chi connectivity index (χ4n) is 4.31. The highest BCUT2D eigenvalue weighted by Crippen LogP contribution is 2.54. The second-order valence-electron chi connectivity index (χ2n) is 7.57. The average molecular weight is 334 g/mol. The van der Waals surface area contributed by atoms with Gasteiger partial charge in [0.25, 0.3) is 0 Å². The van der Waals surface area contributed by atoms with Gasteiger partial charge in [0.1, 0.15) is 17.3 Å². The smallest absolute Gasteiger partial charge is 0.245 e. The van der Waals surface area contributed by atoms with Crippen LogP contribution in [0.5, 0.6) is 0 Å². The number of ketones is 1. The van der Waals surface area contributed by atoms with Crippen molar-refractivity contribution in [1.82, 2.24) is 5.32 Å². The van der Waals surface area contributed by atoms with E-state index in [1.807, 2.05) is 13.8 Å². The number of carbonyl (C=O) groups is 2. The number of nitrogens with two attached hydrogens (primary N) is 1. The normalized spacial score (nSPS) is 26.8. The molecular formula is C19H18N4O2. The molecule has 4 N–H and O–H groups in total. The molecule has 0 unspecified atom stereocenters. The molecule has 6 nitrogen and oxygen atoms in total. The van der Waals surface area contributed by atoms with Gasteiger partial charge in [-0.05, 0) is 17.9 Å². The number of nitriles is 1. The summed E-state index contributed by atoms with van der Waals surface area (Å²) in [5.74, 6) is -0.375. The molecular weight excluding hydrogens is 316 g/mol. The zero-order valence-corrected chi connectivity index (χ0v) is 14.1. The van der Waals surface area contributed by atoms with E-state index in [1.165, 1.54) is 0 Å². The molecule has 1 aliphatic carbocycles. The maximum Gasteiger partial charge on any atom is 0.245 e. The summed E-state index contributed by atoms with van der Waals surface area (Å²) in [5, 5.41) is 15.6. The number of rotatable bonds is 0. The minimum atomic E-state index is -1.45. The van der Waals surface area contributed by atoms with E-state index < -0.39 is 11.3 Å². The van der Waals surface area contributed by atoms with Crippen LogP contribution in [0.1, 0.15) is 32.3 Å². The number of hydrogen-bond acceptors (Lipinski definition) is 5. The molecule has 1 aromatic carbocycles. The quantitative estimate of drug-likeness (QED) is 0.671. The Morgan fingerprint density at radius 3 is 2.60 bits per heavy atom. The third-order valence-electron chi connectivity index (χ3n) is 5.21. The van der Waals surface area contributed by atoms with Gasteiger partial charge in [-0.1, -0.05) is 32.0 Å². The Bertz CT molecular complexity index is 948. The van der Waals surface area contributed by atoms with E-state index in [0.29, 0.717) is 35.4 Å². The number of amides is 1. The highest BCUT2D eigenvalue weighted by molar-refractivity contribution is 6.19. The van der Waals surface area contributed by atoms with Crippen LogP contribution < -0.4 is 16.4 Å². The van der Waals surface area contributed by atoms with Crippen LogP contribution in [0.15, 0.2) is 46.9 Å². The number of hydrogen-bond donors (Lipinski definition) is 3. The minimum absolute atomic E-state index is 0.0850. The molecule has 1 amide bonds. The predicted molar refractivity (Wildman–Crippen MR) is 91.8 cm³/mol. The van der Waals surface area contributed by atoms with Gasteiger partial charge >= 0.3 is 0 Å². The molecule has 2 heterocycles. The molecule has 1 spiro atoms. The third-order valence-corrected chi connectivity index (χ3v) is 5.21. The molecule has 126 valence electrons. The first kappa shape index (κ1) is 15.5. The highest BCUT2D eigenvalue weighted by Gasteiger charge is 2.59. The lowest BCUT2D eigenvalue weighted by Gasteiger charge is -2.42. The number of fused-ring (bicyclic) bond motifs is 3. The first-order chi connectivity index (χ1) is 11.8. The van der Waals surface area contributed by atoms with Gasteiger partial charge in [-0.25, -0.2) is 0 Å². The van der Waals surface area contributed by atoms with E-state index in [2.05, 4.69) is 16.7 Å². The molecule has 0 fully saturated rings. The van der Waals surface area contributed by atoms with Crippen LogP contribution in [-0.2, 0) is 15.0 Å². The van der Waals surface area contributed by atoms with Gasteiger partial charge in [0, 0.05) is 28.9 Å². The first-order valence-electron chi connectivity index (χ1n) is 8.16. The van der Waals surface area contributed by atoms with Crippen LogP contribution in [0.3, 0.4) is 0 Å². The number of dihydropyridines is 1. The fourth-order valence-corrected chi connectivity index (χ4v) is 4.31. The molecule has 4 rings (SSSR count). The lowest BCUT2D eigenvalue weighted by Crippen LogP contribution is -2.51. The Kier molecular flexibility index (Phi) is 2.92. The van der Waals surface area contributed by atoms with Crippen molar-refractivity contribution < 1.29 is 9.59 Å². The number of carbonyl (C=O) groups excluding carboxylic acids is 2. The van der Waals surface area contributed by atoms with Gasteiger partial charge in [-0.15, -0.1) is 0 Å². The van der Waals surface area contributed by atoms with Crippen molar-refractivity contribution in [2.45, 2.75) is 32.1 Å². The molecule has 0 aromatic heterocycles. The molecule has 3 aliphatic rings. The van der Waals surface area contributed by atoms with Gasteiger partial charge in [-0.3, -0.25) is 9.59 Å². The van der Waals surface area contributed by atoms with Crippen LogP contribution in [-0.4, -0.2) is 11.7 Å². The standard InChI is InChI=1S/C19H18N4O2/c1-18(2)7-13-15(14(24)8-18)19(11(9-20)16(21)22-13)10-5-3-4-6-12(10)23-17(19)25/h3-6,22H,7-8,21H2,1-2H3,(H,23,25)/t19-/m0/s1. The number of nitrogens with one attached hydrogen (secondary N) is 2. The lowest BCUT2D eigenvalue weighted by molar-refractivity contribution is -0.123. The van der Waals surface area contributed by atoms with Crippen LogP contribution in [0.4, 0.5) is 5.69 Å². The molecule has 6 heteroatoms. The van der Waals surface area contributed by atoms with Crippen LogP contribution >= 0.6 is 0 Å². The third kappa shape index (κ3) is 1.84. The van der Waals surface area contributed by atoms with E-state index in [9.17, 15) is 14.9 Å². The number of nitrogens with zero attached hydrogens (tertiary/aromatic N) is 1. The van der Waals surface area contributed by atoms with Gasteiger partial charge in [0.15, 0.2) is 5.78 Å². The van der Waals surface area contributed by atoms with E-state index >= 15 is 0 Å². The number of allylic oxidation sites excluding steroid dienone is 1. The molecule has 0 saturated carbocycles. The molecule has 1 aromatic rings. The van der Waals surface area contributed by atoms with Crippen molar-refractivity contribution in [3.8, 4) is 6.07 Å². The van der Waals surface area contributed by atoms with Crippen molar-refractivity contribution in [3.05, 3.63) is 52.5 Å². The van der Waals surface area contributed by atoms with E-state index in [4.69, 9.17) is 5.73 Å². The summed E-state index contributed by atoms with van der Waals surface area (Å²) >= 11 is 0. The molecule has 1 atom stereocenters. The van der Waals surface area contributed by atoms with Crippen LogP contribution in [0.2, 0.25) is 0 Å². The number of para-hydroxylation sites is 1. The summed E-state index contributed by atoms with van der Waals surface area (Å²) in [7, 11) is 0. The van der Waals surface area contributed by atoms with Crippen molar-refractivity contribution in [3.63, 3.8) is 0 Å². The van der Waals surface area contributed by atoms with Crippen molar-refractivity contribution in [2.75, 3.05) is 5.32 Å². The monoisotopic (exact) mass is 334 g/mol. The van der Waals surface area contributed by atoms with E-state index in [1.54, 1.807) is 24.3 Å².